The minimum absolute atomic E-state index is 0.0992. The zero-order valence-corrected chi connectivity index (χ0v) is 18.6. The molecule has 2 heterocycles. The molecule has 1 unspecified atom stereocenters. The van der Waals surface area contributed by atoms with E-state index < -0.39 is 11.6 Å². The number of aliphatic imine (C=N–C) groups is 1. The first-order chi connectivity index (χ1) is 14.3. The molecule has 0 radical (unpaired) electrons. The van der Waals surface area contributed by atoms with Crippen LogP contribution in [0.25, 0.3) is 0 Å². The van der Waals surface area contributed by atoms with Crippen LogP contribution in [0.2, 0.25) is 0 Å². The van der Waals surface area contributed by atoms with Gasteiger partial charge >= 0.3 is 0 Å². The predicted molar refractivity (Wildman–Crippen MR) is 118 cm³/mol. The molecular weight excluding hydrogens is 426 g/mol. The second kappa shape index (κ2) is 9.63. The highest BCUT2D eigenvalue weighted by Gasteiger charge is 2.42. The van der Waals surface area contributed by atoms with E-state index in [1.54, 1.807) is 19.6 Å². The van der Waals surface area contributed by atoms with E-state index in [2.05, 4.69) is 15.3 Å². The Hall–Kier alpha value is -2.36. The van der Waals surface area contributed by atoms with Crippen LogP contribution in [0.1, 0.15) is 19.5 Å². The summed E-state index contributed by atoms with van der Waals surface area (Å²) in [6.45, 7) is 4.67. The molecule has 0 spiro atoms. The third-order valence-electron chi connectivity index (χ3n) is 4.44. The van der Waals surface area contributed by atoms with Gasteiger partial charge in [-0.05, 0) is 48.2 Å². The Morgan fingerprint density at radius 1 is 1.23 bits per heavy atom. The largest absolute Gasteiger partial charge is 0.419 e. The van der Waals surface area contributed by atoms with Gasteiger partial charge in [-0.3, -0.25) is 4.98 Å². The summed E-state index contributed by atoms with van der Waals surface area (Å²) in [5, 5.41) is 3.87. The number of thiocarbonyl (C=S) groups is 1. The summed E-state index contributed by atoms with van der Waals surface area (Å²) in [6.07, 6.45) is 3.51. The molecule has 0 saturated heterocycles. The molecule has 0 fully saturated rings. The van der Waals surface area contributed by atoms with Crippen LogP contribution < -0.4 is 5.32 Å². The van der Waals surface area contributed by atoms with Gasteiger partial charge in [0.25, 0.3) is 5.17 Å². The van der Waals surface area contributed by atoms with Crippen molar-refractivity contribution in [1.29, 1.82) is 0 Å². The predicted octanol–water partition coefficient (Wildman–Crippen LogP) is 4.81. The number of nitrogens with one attached hydrogen (secondary N) is 1. The number of ether oxygens (including phenoxy) is 1. The molecule has 1 N–H and O–H groups in total. The fourth-order valence-electron chi connectivity index (χ4n) is 3.02. The maximum atomic E-state index is 13.8. The number of halogens is 2. The van der Waals surface area contributed by atoms with E-state index in [-0.39, 0.29) is 22.3 Å². The quantitative estimate of drug-likeness (QED) is 0.485. The minimum Gasteiger partial charge on any atom is -0.419 e. The van der Waals surface area contributed by atoms with Crippen LogP contribution in [0.3, 0.4) is 0 Å². The molecule has 2 aromatic rings. The van der Waals surface area contributed by atoms with E-state index in [1.165, 1.54) is 23.9 Å². The Labute approximate surface area is 184 Å². The molecular formula is C21H23F2N4OS2+. The first kappa shape index (κ1) is 22.3. The smallest absolute Gasteiger partial charge is 0.260 e. The Morgan fingerprint density at radius 2 is 1.97 bits per heavy atom. The van der Waals surface area contributed by atoms with Crippen molar-refractivity contribution >= 4 is 35.5 Å². The van der Waals surface area contributed by atoms with Crippen molar-refractivity contribution in [3.8, 4) is 0 Å². The summed E-state index contributed by atoms with van der Waals surface area (Å²) in [6, 6.07) is 9.16. The van der Waals surface area contributed by atoms with Gasteiger partial charge in [-0.2, -0.15) is 0 Å². The van der Waals surface area contributed by atoms with Gasteiger partial charge in [0, 0.05) is 30.1 Å². The molecule has 30 heavy (non-hydrogen) atoms. The van der Waals surface area contributed by atoms with Gasteiger partial charge in [0.1, 0.15) is 23.9 Å². The standard InChI is InChI=1S/C21H22F2N4OS2/c1-14(2)19-20(30-18-9-15(22)8-16(23)10-18)27(12-26-19,13-28-21(29)24-3)11-17-6-4-5-7-25-17/h4-10,12,14H,11,13H2,1-3H3/p+1. The number of aromatic nitrogens is 1. The molecule has 0 aliphatic carbocycles. The number of benzene rings is 1. The number of quaternary nitrogens is 1. The van der Waals surface area contributed by atoms with Crippen molar-refractivity contribution in [2.75, 3.05) is 13.8 Å². The van der Waals surface area contributed by atoms with Crippen LogP contribution in [0.5, 0.6) is 0 Å². The lowest BCUT2D eigenvalue weighted by atomic mass is 10.1. The molecule has 0 bridgehead atoms. The average Bonchev–Trinajstić information content (AvgIpc) is 3.04. The average molecular weight is 450 g/mol. The topological polar surface area (TPSA) is 46.5 Å². The number of hydrogen-bond acceptors (Lipinski definition) is 5. The van der Waals surface area contributed by atoms with E-state index in [1.807, 2.05) is 32.0 Å². The summed E-state index contributed by atoms with van der Waals surface area (Å²) < 4.78 is 33.6. The Kier molecular flexibility index (Phi) is 7.17. The van der Waals surface area contributed by atoms with Gasteiger partial charge in [-0.25, -0.2) is 18.3 Å². The summed E-state index contributed by atoms with van der Waals surface area (Å²) in [7, 11) is 1.68. The molecule has 0 saturated carbocycles. The van der Waals surface area contributed by atoms with E-state index in [0.717, 1.165) is 22.5 Å². The zero-order valence-electron chi connectivity index (χ0n) is 16.9. The van der Waals surface area contributed by atoms with Gasteiger partial charge in [0.05, 0.1) is 5.69 Å². The van der Waals surface area contributed by atoms with Crippen molar-refractivity contribution in [2.24, 2.45) is 10.9 Å². The molecule has 1 aromatic heterocycles. The van der Waals surface area contributed by atoms with Gasteiger partial charge < -0.3 is 10.1 Å². The number of allylic oxidation sites excluding steroid dienone is 1. The highest BCUT2D eigenvalue weighted by atomic mass is 32.2. The van der Waals surface area contributed by atoms with Crippen LogP contribution in [0.4, 0.5) is 8.78 Å². The first-order valence-electron chi connectivity index (χ1n) is 9.38. The normalized spacial score (nSPS) is 18.2. The van der Waals surface area contributed by atoms with Crippen LogP contribution in [-0.4, -0.2) is 34.8 Å². The highest BCUT2D eigenvalue weighted by molar-refractivity contribution is 8.02. The summed E-state index contributed by atoms with van der Waals surface area (Å²) in [5.74, 6) is -1.15. The molecule has 0 amide bonds. The van der Waals surface area contributed by atoms with Crippen molar-refractivity contribution in [3.63, 3.8) is 0 Å². The Balaban J connectivity index is 2.04. The number of hydrogen-bond donors (Lipinski definition) is 1. The fraction of sp³-hybridized carbons (Fsp3) is 0.286. The lowest BCUT2D eigenvalue weighted by molar-refractivity contribution is -0.819. The highest BCUT2D eigenvalue weighted by Crippen LogP contribution is 2.43. The number of pyridine rings is 1. The molecule has 9 heteroatoms. The van der Waals surface area contributed by atoms with Crippen molar-refractivity contribution in [1.82, 2.24) is 10.3 Å². The molecule has 1 atom stereocenters. The number of thioether (sulfide) groups is 1. The molecule has 5 nitrogen and oxygen atoms in total. The van der Waals surface area contributed by atoms with Gasteiger partial charge in [-0.1, -0.05) is 19.9 Å². The Morgan fingerprint density at radius 3 is 2.57 bits per heavy atom. The minimum atomic E-state index is -0.626. The van der Waals surface area contributed by atoms with Crippen LogP contribution in [-0.2, 0) is 11.3 Å². The summed E-state index contributed by atoms with van der Waals surface area (Å²) in [4.78, 5) is 9.55. The lowest BCUT2D eigenvalue weighted by Gasteiger charge is -2.31. The number of rotatable bonds is 7. The zero-order chi connectivity index (χ0) is 21.7. The lowest BCUT2D eigenvalue weighted by Crippen LogP contribution is -2.46. The van der Waals surface area contributed by atoms with Gasteiger partial charge in [-0.15, -0.1) is 0 Å². The monoisotopic (exact) mass is 449 g/mol. The summed E-state index contributed by atoms with van der Waals surface area (Å²) >= 11 is 6.44. The summed E-state index contributed by atoms with van der Waals surface area (Å²) in [5.41, 5.74) is 1.66. The second-order valence-electron chi connectivity index (χ2n) is 7.12. The van der Waals surface area contributed by atoms with Gasteiger partial charge in [0.2, 0.25) is 11.8 Å². The van der Waals surface area contributed by atoms with Crippen molar-refractivity contribution in [3.05, 3.63) is 70.6 Å². The second-order valence-corrected chi connectivity index (χ2v) is 8.55. The molecule has 1 aliphatic rings. The molecule has 1 aromatic carbocycles. The van der Waals surface area contributed by atoms with Crippen molar-refractivity contribution < 1.29 is 18.0 Å². The number of nitrogens with zero attached hydrogens (tertiary/aromatic N) is 3. The third-order valence-corrected chi connectivity index (χ3v) is 6.00. The maximum absolute atomic E-state index is 13.8. The van der Waals surface area contributed by atoms with Crippen LogP contribution >= 0.6 is 24.0 Å². The van der Waals surface area contributed by atoms with E-state index in [9.17, 15) is 8.78 Å². The maximum Gasteiger partial charge on any atom is 0.260 e. The third kappa shape index (κ3) is 5.21. The SMILES string of the molecule is CNC(=S)OC[N+]1(Cc2ccccn2)C=NC(C(C)C)=C1Sc1cc(F)cc(F)c1. The molecule has 158 valence electrons. The van der Waals surface area contributed by atoms with Crippen LogP contribution in [0.15, 0.2) is 63.2 Å². The van der Waals surface area contributed by atoms with Crippen LogP contribution in [0, 0.1) is 17.6 Å². The molecule has 1 aliphatic heterocycles. The van der Waals surface area contributed by atoms with Crippen molar-refractivity contribution in [2.45, 2.75) is 25.3 Å². The first-order valence-corrected chi connectivity index (χ1v) is 10.6. The van der Waals surface area contributed by atoms with E-state index in [0.29, 0.717) is 11.4 Å². The van der Waals surface area contributed by atoms with E-state index in [4.69, 9.17) is 17.0 Å². The fourth-order valence-corrected chi connectivity index (χ4v) is 4.38. The van der Waals surface area contributed by atoms with Gasteiger partial charge in [0.15, 0.2) is 6.34 Å². The van der Waals surface area contributed by atoms with E-state index >= 15 is 0 Å². The molecule has 3 rings (SSSR count). The Bertz CT molecular complexity index is 962.